The van der Waals surface area contributed by atoms with Gasteiger partial charge in [-0.15, -0.1) is 0 Å². The fourth-order valence-electron chi connectivity index (χ4n) is 3.68. The molecule has 140 valence electrons. The Morgan fingerprint density at radius 3 is 2.54 bits per heavy atom. The molecule has 2 N–H and O–H groups in total. The predicted octanol–water partition coefficient (Wildman–Crippen LogP) is 2.27. The molecule has 1 aliphatic heterocycles. The molecule has 3 rings (SSSR count). The fraction of sp³-hybridized carbons (Fsp3) is 0.526. The number of ether oxygens (including phenoxy) is 1. The van der Waals surface area contributed by atoms with Crippen molar-refractivity contribution < 1.29 is 19.1 Å². The number of rotatable bonds is 5. The molecule has 0 radical (unpaired) electrons. The van der Waals surface area contributed by atoms with Crippen LogP contribution in [-0.2, 0) is 20.9 Å². The second-order valence-electron chi connectivity index (χ2n) is 6.92. The van der Waals surface area contributed by atoms with Gasteiger partial charge in [-0.3, -0.25) is 14.9 Å². The third kappa shape index (κ3) is 4.33. The Kier molecular flexibility index (Phi) is 5.75. The maximum Gasteiger partial charge on any atom is 0.411 e. The Bertz CT molecular complexity index is 668. The fourth-order valence-corrected chi connectivity index (χ4v) is 3.68. The zero-order valence-electron chi connectivity index (χ0n) is 15.0. The molecule has 1 heterocycles. The molecule has 26 heavy (non-hydrogen) atoms. The molecule has 1 saturated heterocycles. The highest BCUT2D eigenvalue weighted by Gasteiger charge is 2.38. The highest BCUT2D eigenvalue weighted by Crippen LogP contribution is 2.29. The second kappa shape index (κ2) is 8.21. The quantitative estimate of drug-likeness (QED) is 0.844. The van der Waals surface area contributed by atoms with Gasteiger partial charge in [0, 0.05) is 31.2 Å². The number of benzene rings is 1. The molecule has 7 heteroatoms. The molecule has 0 bridgehead atoms. The Hall–Kier alpha value is -2.57. The largest absolute Gasteiger partial charge is 0.453 e. The number of anilines is 1. The van der Waals surface area contributed by atoms with Crippen LogP contribution in [-0.4, -0.2) is 42.5 Å². The number of amides is 3. The number of hydrogen-bond donors (Lipinski definition) is 2. The summed E-state index contributed by atoms with van der Waals surface area (Å²) in [6, 6.07) is 7.49. The first-order valence-corrected chi connectivity index (χ1v) is 9.08. The summed E-state index contributed by atoms with van der Waals surface area (Å²) >= 11 is 0. The lowest BCUT2D eigenvalue weighted by atomic mass is 10.1. The number of hydrogen-bond acceptors (Lipinski definition) is 4. The van der Waals surface area contributed by atoms with E-state index >= 15 is 0 Å². The summed E-state index contributed by atoms with van der Waals surface area (Å²) < 4.78 is 4.54. The van der Waals surface area contributed by atoms with Crippen molar-refractivity contribution in [2.75, 3.05) is 19.0 Å². The summed E-state index contributed by atoms with van der Waals surface area (Å²) in [6.45, 7) is 0.933. The van der Waals surface area contributed by atoms with E-state index in [1.165, 1.54) is 20.0 Å². The molecule has 2 aliphatic rings. The second-order valence-corrected chi connectivity index (χ2v) is 6.92. The molecule has 0 aromatic heterocycles. The van der Waals surface area contributed by atoms with Gasteiger partial charge in [0.1, 0.15) is 0 Å². The van der Waals surface area contributed by atoms with E-state index in [1.807, 2.05) is 17.0 Å². The van der Waals surface area contributed by atoms with Gasteiger partial charge in [0.2, 0.25) is 11.8 Å². The van der Waals surface area contributed by atoms with Crippen LogP contribution in [0, 0.1) is 5.92 Å². The number of nitrogens with zero attached hydrogens (tertiary/aromatic N) is 1. The minimum absolute atomic E-state index is 0.0735. The zero-order valence-corrected chi connectivity index (χ0v) is 15.0. The minimum Gasteiger partial charge on any atom is -0.453 e. The van der Waals surface area contributed by atoms with Crippen LogP contribution in [0.1, 0.15) is 37.7 Å². The van der Waals surface area contributed by atoms with Crippen molar-refractivity contribution in [2.24, 2.45) is 5.92 Å². The zero-order chi connectivity index (χ0) is 18.5. The van der Waals surface area contributed by atoms with Gasteiger partial charge in [0.25, 0.3) is 0 Å². The van der Waals surface area contributed by atoms with Crippen molar-refractivity contribution in [3.05, 3.63) is 29.8 Å². The first-order valence-electron chi connectivity index (χ1n) is 9.08. The van der Waals surface area contributed by atoms with Crippen LogP contribution in [0.4, 0.5) is 10.5 Å². The predicted molar refractivity (Wildman–Crippen MR) is 96.4 cm³/mol. The van der Waals surface area contributed by atoms with E-state index in [2.05, 4.69) is 15.4 Å². The van der Waals surface area contributed by atoms with Crippen molar-refractivity contribution in [3.63, 3.8) is 0 Å². The van der Waals surface area contributed by atoms with E-state index in [9.17, 15) is 14.4 Å². The number of likely N-dealkylation sites (tertiary alicyclic amines) is 1. The minimum atomic E-state index is -0.524. The maximum absolute atomic E-state index is 12.4. The molecule has 1 atom stereocenters. The number of methoxy groups -OCH3 is 1. The summed E-state index contributed by atoms with van der Waals surface area (Å²) in [7, 11) is 1.31. The van der Waals surface area contributed by atoms with Gasteiger partial charge >= 0.3 is 6.09 Å². The van der Waals surface area contributed by atoms with Gasteiger partial charge in [-0.25, -0.2) is 4.79 Å². The summed E-state index contributed by atoms with van der Waals surface area (Å²) in [5.74, 6) is -0.228. The van der Waals surface area contributed by atoms with Crippen molar-refractivity contribution in [2.45, 2.75) is 44.7 Å². The maximum atomic E-state index is 12.4. The van der Waals surface area contributed by atoms with Gasteiger partial charge in [0.15, 0.2) is 0 Å². The monoisotopic (exact) mass is 359 g/mol. The molecular weight excluding hydrogens is 334 g/mol. The van der Waals surface area contributed by atoms with Crippen LogP contribution in [0.5, 0.6) is 0 Å². The van der Waals surface area contributed by atoms with E-state index < -0.39 is 6.09 Å². The summed E-state index contributed by atoms with van der Waals surface area (Å²) in [4.78, 5) is 37.7. The first kappa shape index (κ1) is 18.2. The van der Waals surface area contributed by atoms with Gasteiger partial charge in [-0.2, -0.15) is 0 Å². The SMILES string of the molecule is COC(=O)Nc1ccc(CNC(=O)[C@H]2CC(=O)N(C3CCCC3)C2)cc1. The average molecular weight is 359 g/mol. The first-order chi connectivity index (χ1) is 12.6. The van der Waals surface area contributed by atoms with Crippen LogP contribution < -0.4 is 10.6 Å². The standard InChI is InChI=1S/C19H25N3O4/c1-26-19(25)21-15-8-6-13(7-9-15)11-20-18(24)14-10-17(23)22(12-14)16-4-2-3-5-16/h6-9,14,16H,2-5,10-12H2,1H3,(H,20,24)(H,21,25)/t14-/m0/s1. The summed E-state index contributed by atoms with van der Waals surface area (Å²) in [5, 5.41) is 5.49. The van der Waals surface area contributed by atoms with Gasteiger partial charge in [-0.05, 0) is 30.5 Å². The molecule has 0 spiro atoms. The van der Waals surface area contributed by atoms with Crippen molar-refractivity contribution in [1.82, 2.24) is 10.2 Å². The lowest BCUT2D eigenvalue weighted by Gasteiger charge is -2.23. The topological polar surface area (TPSA) is 87.7 Å². The molecule has 3 amide bonds. The smallest absolute Gasteiger partial charge is 0.411 e. The lowest BCUT2D eigenvalue weighted by Crippen LogP contribution is -2.36. The van der Waals surface area contributed by atoms with Crippen LogP contribution >= 0.6 is 0 Å². The Morgan fingerprint density at radius 1 is 1.19 bits per heavy atom. The van der Waals surface area contributed by atoms with Crippen molar-refractivity contribution >= 4 is 23.6 Å². The third-order valence-electron chi connectivity index (χ3n) is 5.15. The third-order valence-corrected chi connectivity index (χ3v) is 5.15. The average Bonchev–Trinajstić information content (AvgIpc) is 3.30. The molecule has 0 unspecified atom stereocenters. The normalized spacial score (nSPS) is 20.3. The number of nitrogens with one attached hydrogen (secondary N) is 2. The van der Waals surface area contributed by atoms with Gasteiger partial charge in [-0.1, -0.05) is 25.0 Å². The number of carbonyl (C=O) groups is 3. The van der Waals surface area contributed by atoms with E-state index in [4.69, 9.17) is 0 Å². The van der Waals surface area contributed by atoms with Crippen LogP contribution in [0.2, 0.25) is 0 Å². The van der Waals surface area contributed by atoms with Gasteiger partial charge < -0.3 is 15.0 Å². The summed E-state index contributed by atoms with van der Waals surface area (Å²) in [5.41, 5.74) is 1.55. The van der Waals surface area contributed by atoms with Gasteiger partial charge in [0.05, 0.1) is 13.0 Å². The molecule has 1 aliphatic carbocycles. The van der Waals surface area contributed by atoms with Crippen LogP contribution in [0.15, 0.2) is 24.3 Å². The Balaban J connectivity index is 1.48. The van der Waals surface area contributed by atoms with E-state index in [0.717, 1.165) is 18.4 Å². The highest BCUT2D eigenvalue weighted by molar-refractivity contribution is 5.89. The van der Waals surface area contributed by atoms with Crippen LogP contribution in [0.3, 0.4) is 0 Å². The molecule has 1 aromatic carbocycles. The van der Waals surface area contributed by atoms with E-state index in [-0.39, 0.29) is 17.7 Å². The molecule has 2 fully saturated rings. The highest BCUT2D eigenvalue weighted by atomic mass is 16.5. The van der Waals surface area contributed by atoms with Crippen molar-refractivity contribution in [1.29, 1.82) is 0 Å². The summed E-state index contributed by atoms with van der Waals surface area (Å²) in [6.07, 6.45) is 4.25. The Morgan fingerprint density at radius 2 is 1.88 bits per heavy atom. The Labute approximate surface area is 153 Å². The molecule has 1 aromatic rings. The van der Waals surface area contributed by atoms with Crippen LogP contribution in [0.25, 0.3) is 0 Å². The van der Waals surface area contributed by atoms with Crippen molar-refractivity contribution in [3.8, 4) is 0 Å². The molecule has 1 saturated carbocycles. The molecular formula is C19H25N3O4. The van der Waals surface area contributed by atoms with E-state index in [1.54, 1.807) is 12.1 Å². The molecule has 7 nitrogen and oxygen atoms in total. The lowest BCUT2D eigenvalue weighted by molar-refractivity contribution is -0.130. The van der Waals surface area contributed by atoms with E-state index in [0.29, 0.717) is 31.2 Å². The number of carbonyl (C=O) groups excluding carboxylic acids is 3.